The maximum atomic E-state index is 13.3. The smallest absolute Gasteiger partial charge is 0.272 e. The van der Waals surface area contributed by atoms with E-state index in [1.54, 1.807) is 48.6 Å². The number of nitrogens with zero attached hydrogens (tertiary/aromatic N) is 7. The van der Waals surface area contributed by atoms with E-state index in [0.717, 1.165) is 17.1 Å². The van der Waals surface area contributed by atoms with E-state index in [2.05, 4.69) is 48.2 Å². The van der Waals surface area contributed by atoms with Crippen molar-refractivity contribution in [3.8, 4) is 11.8 Å². The van der Waals surface area contributed by atoms with E-state index in [1.807, 2.05) is 18.2 Å². The highest BCUT2D eigenvalue weighted by molar-refractivity contribution is 5.92. The Hall–Kier alpha value is -5.24. The summed E-state index contributed by atoms with van der Waals surface area (Å²) in [5.41, 5.74) is 4.29. The van der Waals surface area contributed by atoms with Gasteiger partial charge in [0, 0.05) is 56.7 Å². The molecule has 2 aliphatic rings. The lowest BCUT2D eigenvalue weighted by Crippen LogP contribution is -2.49. The summed E-state index contributed by atoms with van der Waals surface area (Å²) in [6.45, 7) is 5.08. The zero-order chi connectivity index (χ0) is 28.3. The highest BCUT2D eigenvalue weighted by atomic mass is 16.5. The number of anilines is 2. The molecule has 41 heavy (non-hydrogen) atoms. The van der Waals surface area contributed by atoms with Crippen molar-refractivity contribution in [1.82, 2.24) is 25.1 Å². The van der Waals surface area contributed by atoms with Crippen LogP contribution in [0.25, 0.3) is 0 Å². The number of ether oxygens (including phenoxy) is 1. The van der Waals surface area contributed by atoms with Crippen LogP contribution >= 0.6 is 0 Å². The van der Waals surface area contributed by atoms with E-state index in [4.69, 9.17) is 10.00 Å². The van der Waals surface area contributed by atoms with Crippen LogP contribution < -0.4 is 20.1 Å². The van der Waals surface area contributed by atoms with Crippen LogP contribution in [-0.4, -0.2) is 63.8 Å². The third-order valence-electron chi connectivity index (χ3n) is 7.64. The van der Waals surface area contributed by atoms with E-state index in [-0.39, 0.29) is 17.5 Å². The molecule has 1 N–H and O–H groups in total. The number of hydrogen-bond donors (Lipinski definition) is 1. The molecule has 0 aliphatic carbocycles. The van der Waals surface area contributed by atoms with Gasteiger partial charge in [0.25, 0.3) is 11.5 Å². The van der Waals surface area contributed by atoms with Gasteiger partial charge in [-0.25, -0.2) is 10.1 Å². The number of fused-ring (bicyclic) bond motifs is 1. The van der Waals surface area contributed by atoms with Crippen molar-refractivity contribution in [2.45, 2.75) is 19.5 Å². The third-order valence-corrected chi connectivity index (χ3v) is 7.64. The number of pyridine rings is 2. The lowest BCUT2D eigenvalue weighted by atomic mass is 10.1. The molecular formula is C30H28N8O3. The van der Waals surface area contributed by atoms with Crippen LogP contribution in [-0.2, 0) is 6.54 Å². The van der Waals surface area contributed by atoms with E-state index >= 15 is 0 Å². The van der Waals surface area contributed by atoms with Crippen molar-refractivity contribution in [3.63, 3.8) is 0 Å². The molecule has 1 aromatic carbocycles. The summed E-state index contributed by atoms with van der Waals surface area (Å²) in [5.74, 6) is 1.19. The average molecular weight is 549 g/mol. The number of aromatic nitrogens is 4. The molecule has 0 bridgehead atoms. The molecular weight excluding hydrogens is 520 g/mol. The molecule has 0 spiro atoms. The van der Waals surface area contributed by atoms with Crippen LogP contribution in [0, 0.1) is 18.3 Å². The van der Waals surface area contributed by atoms with Gasteiger partial charge in [0.05, 0.1) is 23.5 Å². The van der Waals surface area contributed by atoms with E-state index in [0.29, 0.717) is 61.9 Å². The molecule has 3 aromatic heterocycles. The topological polar surface area (TPSA) is 131 Å². The number of H-pyrrole nitrogens is 1. The van der Waals surface area contributed by atoms with E-state index < -0.39 is 0 Å². The van der Waals surface area contributed by atoms with Gasteiger partial charge in [0.2, 0.25) is 0 Å². The zero-order valence-electron chi connectivity index (χ0n) is 22.5. The molecule has 1 fully saturated rings. The van der Waals surface area contributed by atoms with Crippen molar-refractivity contribution < 1.29 is 9.53 Å². The number of amides is 1. The second-order valence-corrected chi connectivity index (χ2v) is 10.0. The van der Waals surface area contributed by atoms with Gasteiger partial charge < -0.3 is 19.4 Å². The van der Waals surface area contributed by atoms with Gasteiger partial charge >= 0.3 is 0 Å². The van der Waals surface area contributed by atoms with Crippen LogP contribution in [0.15, 0.2) is 71.9 Å². The summed E-state index contributed by atoms with van der Waals surface area (Å²) in [6, 6.07) is 17.1. The van der Waals surface area contributed by atoms with Crippen LogP contribution in [0.2, 0.25) is 0 Å². The Kier molecular flexibility index (Phi) is 7.04. The fourth-order valence-electron chi connectivity index (χ4n) is 5.37. The molecule has 1 unspecified atom stereocenters. The Morgan fingerprint density at radius 2 is 1.93 bits per heavy atom. The molecule has 1 atom stereocenters. The van der Waals surface area contributed by atoms with Crippen LogP contribution in [0.1, 0.15) is 38.8 Å². The first-order valence-corrected chi connectivity index (χ1v) is 13.4. The minimum atomic E-state index is -0.218. The van der Waals surface area contributed by atoms with Gasteiger partial charge in [0.15, 0.2) is 0 Å². The highest BCUT2D eigenvalue weighted by Gasteiger charge is 2.32. The predicted octanol–water partition coefficient (Wildman–Crippen LogP) is 2.84. The normalized spacial score (nSPS) is 16.3. The third kappa shape index (κ3) is 5.19. The number of benzene rings is 1. The molecule has 1 saturated heterocycles. The van der Waals surface area contributed by atoms with Gasteiger partial charge in [-0.2, -0.15) is 10.4 Å². The van der Waals surface area contributed by atoms with Gasteiger partial charge in [-0.1, -0.05) is 24.3 Å². The number of nitriles is 1. The maximum absolute atomic E-state index is 13.3. The number of carbonyl (C=O) groups is 1. The molecule has 5 heterocycles. The Bertz CT molecular complexity index is 1670. The lowest BCUT2D eigenvalue weighted by molar-refractivity contribution is 0.0740. The first-order chi connectivity index (χ1) is 20.0. The van der Waals surface area contributed by atoms with Crippen molar-refractivity contribution in [2.75, 3.05) is 42.6 Å². The number of piperazine rings is 1. The largest absolute Gasteiger partial charge is 0.491 e. The van der Waals surface area contributed by atoms with Gasteiger partial charge in [-0.3, -0.25) is 14.6 Å². The molecule has 2 aliphatic heterocycles. The molecule has 4 aromatic rings. The lowest BCUT2D eigenvalue weighted by Gasteiger charge is -2.35. The minimum absolute atomic E-state index is 0.135. The van der Waals surface area contributed by atoms with Gasteiger partial charge in [-0.05, 0) is 36.2 Å². The summed E-state index contributed by atoms with van der Waals surface area (Å²) in [5, 5.41) is 15.5. The maximum Gasteiger partial charge on any atom is 0.272 e. The summed E-state index contributed by atoms with van der Waals surface area (Å²) in [4.78, 5) is 40.3. The number of nitrogens with one attached hydrogen (secondary N) is 1. The van der Waals surface area contributed by atoms with Crippen molar-refractivity contribution >= 4 is 17.4 Å². The predicted molar refractivity (Wildman–Crippen MR) is 152 cm³/mol. The van der Waals surface area contributed by atoms with Gasteiger partial charge in [0.1, 0.15) is 29.9 Å². The highest BCUT2D eigenvalue weighted by Crippen LogP contribution is 2.38. The first kappa shape index (κ1) is 26.0. The Morgan fingerprint density at radius 1 is 1.10 bits per heavy atom. The van der Waals surface area contributed by atoms with Crippen molar-refractivity contribution in [1.29, 1.82) is 5.26 Å². The minimum Gasteiger partial charge on any atom is -0.491 e. The number of rotatable bonds is 6. The fourth-order valence-corrected chi connectivity index (χ4v) is 5.37. The summed E-state index contributed by atoms with van der Waals surface area (Å²) < 4.78 is 6.24. The quantitative estimate of drug-likeness (QED) is 0.386. The second kappa shape index (κ2) is 11.1. The van der Waals surface area contributed by atoms with Crippen molar-refractivity contribution in [2.24, 2.45) is 0 Å². The summed E-state index contributed by atoms with van der Waals surface area (Å²) >= 11 is 0. The Balaban J connectivity index is 1.13. The first-order valence-electron chi connectivity index (χ1n) is 13.4. The fraction of sp³-hybridized carbons (Fsp3) is 0.267. The molecule has 11 nitrogen and oxygen atoms in total. The Labute approximate surface area is 236 Å². The average Bonchev–Trinajstić information content (AvgIpc) is 3.39. The van der Waals surface area contributed by atoms with Gasteiger partial charge in [-0.15, -0.1) is 0 Å². The van der Waals surface area contributed by atoms with Crippen LogP contribution in [0.3, 0.4) is 0 Å². The van der Waals surface area contributed by atoms with Crippen molar-refractivity contribution in [3.05, 3.63) is 105 Å². The number of aromatic amines is 1. The van der Waals surface area contributed by atoms with E-state index in [9.17, 15) is 9.59 Å². The molecule has 0 saturated carbocycles. The molecule has 0 radical (unpaired) electrons. The monoisotopic (exact) mass is 548 g/mol. The SMILES string of the molecule is Cc1c(N2Cc3ccccc3C2COc2ccnc(C(=O)N3CCN(c4ccc(C#N)cn4)CC3)c2)cn[nH]c1=O. The standard InChI is InChI=1S/C30H28N8O3/c1-20-26(17-34-35-29(20)39)38-18-22-4-2-3-5-24(22)27(38)19-41-23-8-9-32-25(14-23)30(40)37-12-10-36(11-13-37)28-7-6-21(15-31)16-33-28/h2-9,14,16-17,27H,10-13,18-19H2,1H3,(H,35,39). The second-order valence-electron chi connectivity index (χ2n) is 10.0. The molecule has 206 valence electrons. The summed E-state index contributed by atoms with van der Waals surface area (Å²) in [6.07, 6.45) is 4.82. The van der Waals surface area contributed by atoms with Crippen LogP contribution in [0.4, 0.5) is 11.5 Å². The van der Waals surface area contributed by atoms with E-state index in [1.165, 1.54) is 5.56 Å². The number of carbonyl (C=O) groups excluding carboxylic acids is 1. The molecule has 11 heteroatoms. The molecule has 6 rings (SSSR count). The molecule has 1 amide bonds. The Morgan fingerprint density at radius 3 is 2.71 bits per heavy atom. The zero-order valence-corrected chi connectivity index (χ0v) is 22.5. The number of hydrogen-bond acceptors (Lipinski definition) is 9. The van der Waals surface area contributed by atoms with Crippen LogP contribution in [0.5, 0.6) is 5.75 Å². The summed E-state index contributed by atoms with van der Waals surface area (Å²) in [7, 11) is 0.